The summed E-state index contributed by atoms with van der Waals surface area (Å²) in [4.78, 5) is 5.07. The molecule has 1 aliphatic heterocycles. The van der Waals surface area contributed by atoms with Gasteiger partial charge in [0.25, 0.3) is 0 Å². The van der Waals surface area contributed by atoms with Crippen molar-refractivity contribution in [3.05, 3.63) is 0 Å². The topological polar surface area (TPSA) is 6.48 Å². The van der Waals surface area contributed by atoms with E-state index in [1.807, 2.05) is 0 Å². The Hall–Kier alpha value is -0.0800. The van der Waals surface area contributed by atoms with Crippen LogP contribution in [0, 0.1) is 11.8 Å². The van der Waals surface area contributed by atoms with E-state index in [4.69, 9.17) is 0 Å². The molecule has 0 aliphatic carbocycles. The van der Waals surface area contributed by atoms with Crippen LogP contribution in [0.3, 0.4) is 0 Å². The van der Waals surface area contributed by atoms with Crippen molar-refractivity contribution >= 4 is 0 Å². The van der Waals surface area contributed by atoms with Crippen LogP contribution < -0.4 is 0 Å². The van der Waals surface area contributed by atoms with Crippen molar-refractivity contribution in [1.82, 2.24) is 9.80 Å². The van der Waals surface area contributed by atoms with E-state index in [0.717, 1.165) is 11.8 Å². The molecule has 1 fully saturated rings. The molecule has 0 amide bonds. The van der Waals surface area contributed by atoms with Gasteiger partial charge in [-0.2, -0.15) is 0 Å². The average molecular weight is 226 g/mol. The van der Waals surface area contributed by atoms with E-state index < -0.39 is 0 Å². The van der Waals surface area contributed by atoms with Crippen LogP contribution in [0.2, 0.25) is 0 Å². The number of hydrogen-bond acceptors (Lipinski definition) is 2. The second-order valence-electron chi connectivity index (χ2n) is 5.82. The van der Waals surface area contributed by atoms with Crippen LogP contribution >= 0.6 is 0 Å². The summed E-state index contributed by atoms with van der Waals surface area (Å²) in [7, 11) is 2.27. The first-order chi connectivity index (χ1) is 7.61. The third-order valence-corrected chi connectivity index (χ3v) is 3.75. The van der Waals surface area contributed by atoms with Crippen molar-refractivity contribution < 1.29 is 0 Å². The van der Waals surface area contributed by atoms with Gasteiger partial charge in [-0.15, -0.1) is 0 Å². The summed E-state index contributed by atoms with van der Waals surface area (Å²) < 4.78 is 0. The molecule has 0 N–H and O–H groups in total. The molecule has 0 aromatic heterocycles. The second kappa shape index (κ2) is 7.29. The quantitative estimate of drug-likeness (QED) is 0.687. The Morgan fingerprint density at radius 3 is 2.38 bits per heavy atom. The first-order valence-corrected chi connectivity index (χ1v) is 7.02. The first-order valence-electron chi connectivity index (χ1n) is 7.02. The zero-order chi connectivity index (χ0) is 12.0. The van der Waals surface area contributed by atoms with E-state index >= 15 is 0 Å². The summed E-state index contributed by atoms with van der Waals surface area (Å²) in [6.07, 6.45) is 4.24. The van der Waals surface area contributed by atoms with Crippen LogP contribution in [-0.4, -0.2) is 49.6 Å². The van der Waals surface area contributed by atoms with Gasteiger partial charge in [0.05, 0.1) is 0 Å². The van der Waals surface area contributed by atoms with Crippen LogP contribution in [0.15, 0.2) is 0 Å². The minimum Gasteiger partial charge on any atom is -0.306 e. The highest BCUT2D eigenvalue weighted by atomic mass is 15.1. The maximum Gasteiger partial charge on any atom is 0.000133 e. The van der Waals surface area contributed by atoms with E-state index in [-0.39, 0.29) is 0 Å². The van der Waals surface area contributed by atoms with Crippen molar-refractivity contribution in [2.45, 2.75) is 40.0 Å². The van der Waals surface area contributed by atoms with Crippen molar-refractivity contribution in [2.24, 2.45) is 11.8 Å². The molecule has 0 unspecified atom stereocenters. The number of likely N-dealkylation sites (tertiary alicyclic amines) is 1. The lowest BCUT2D eigenvalue weighted by Crippen LogP contribution is -2.35. The van der Waals surface area contributed by atoms with E-state index in [2.05, 4.69) is 37.6 Å². The molecule has 1 rings (SSSR count). The van der Waals surface area contributed by atoms with Gasteiger partial charge in [0, 0.05) is 6.54 Å². The van der Waals surface area contributed by atoms with E-state index in [0.29, 0.717) is 0 Å². The number of hydrogen-bond donors (Lipinski definition) is 0. The van der Waals surface area contributed by atoms with Crippen LogP contribution in [0.4, 0.5) is 0 Å². The molecule has 96 valence electrons. The van der Waals surface area contributed by atoms with Gasteiger partial charge in [0.2, 0.25) is 0 Å². The molecule has 0 bridgehead atoms. The zero-order valence-corrected chi connectivity index (χ0v) is 11.7. The molecule has 0 radical (unpaired) electrons. The molecule has 0 saturated carbocycles. The standard InChI is InChI=1S/C14H30N2/c1-5-16-10-7-14(8-11-16)6-9-15(4)12-13(2)3/h13-14H,5-12H2,1-4H3. The van der Waals surface area contributed by atoms with E-state index in [1.165, 1.54) is 52.0 Å². The summed E-state index contributed by atoms with van der Waals surface area (Å²) in [5.74, 6) is 1.78. The fraction of sp³-hybridized carbons (Fsp3) is 1.00. The van der Waals surface area contributed by atoms with Crippen LogP contribution in [-0.2, 0) is 0 Å². The average Bonchev–Trinajstić information content (AvgIpc) is 2.26. The van der Waals surface area contributed by atoms with E-state index in [1.54, 1.807) is 0 Å². The molecule has 1 aliphatic rings. The Balaban J connectivity index is 2.10. The highest BCUT2D eigenvalue weighted by Gasteiger charge is 2.18. The van der Waals surface area contributed by atoms with Gasteiger partial charge in [0.1, 0.15) is 0 Å². The maximum atomic E-state index is 2.58. The summed E-state index contributed by atoms with van der Waals surface area (Å²) in [5.41, 5.74) is 0. The molecule has 0 aromatic carbocycles. The Labute approximate surface area is 102 Å². The molecule has 0 atom stereocenters. The normalized spacial score (nSPS) is 19.9. The van der Waals surface area contributed by atoms with Gasteiger partial charge in [0.15, 0.2) is 0 Å². The highest BCUT2D eigenvalue weighted by Crippen LogP contribution is 2.20. The number of rotatable bonds is 6. The molecule has 2 heteroatoms. The lowest BCUT2D eigenvalue weighted by Gasteiger charge is -2.32. The van der Waals surface area contributed by atoms with Gasteiger partial charge in [-0.25, -0.2) is 0 Å². The largest absolute Gasteiger partial charge is 0.306 e. The molecule has 1 heterocycles. The number of piperidine rings is 1. The molecule has 2 nitrogen and oxygen atoms in total. The summed E-state index contributed by atoms with van der Waals surface area (Å²) in [5, 5.41) is 0. The van der Waals surface area contributed by atoms with Crippen molar-refractivity contribution in [1.29, 1.82) is 0 Å². The number of nitrogens with zero attached hydrogens (tertiary/aromatic N) is 2. The monoisotopic (exact) mass is 226 g/mol. The van der Waals surface area contributed by atoms with Crippen LogP contribution in [0.25, 0.3) is 0 Å². The molecule has 1 saturated heterocycles. The fourth-order valence-electron chi connectivity index (χ4n) is 2.71. The Morgan fingerprint density at radius 1 is 1.25 bits per heavy atom. The minimum absolute atomic E-state index is 0.798. The first kappa shape index (κ1) is 14.0. The maximum absolute atomic E-state index is 2.58. The van der Waals surface area contributed by atoms with Gasteiger partial charge >= 0.3 is 0 Å². The predicted molar refractivity (Wildman–Crippen MR) is 71.8 cm³/mol. The summed E-state index contributed by atoms with van der Waals surface area (Å²) >= 11 is 0. The predicted octanol–water partition coefficient (Wildman–Crippen LogP) is 2.70. The van der Waals surface area contributed by atoms with Crippen LogP contribution in [0.5, 0.6) is 0 Å². The van der Waals surface area contributed by atoms with Gasteiger partial charge < -0.3 is 9.80 Å². The van der Waals surface area contributed by atoms with E-state index in [9.17, 15) is 0 Å². The van der Waals surface area contributed by atoms with Gasteiger partial charge in [-0.1, -0.05) is 20.8 Å². The van der Waals surface area contributed by atoms with Gasteiger partial charge in [-0.05, 0) is 64.3 Å². The fourth-order valence-corrected chi connectivity index (χ4v) is 2.71. The molecular weight excluding hydrogens is 196 g/mol. The third-order valence-electron chi connectivity index (χ3n) is 3.75. The second-order valence-corrected chi connectivity index (χ2v) is 5.82. The lowest BCUT2D eigenvalue weighted by atomic mass is 9.93. The molecule has 0 spiro atoms. The Bertz CT molecular complexity index is 172. The van der Waals surface area contributed by atoms with Crippen molar-refractivity contribution in [3.63, 3.8) is 0 Å². The SMILES string of the molecule is CCN1CCC(CCN(C)CC(C)C)CC1. The highest BCUT2D eigenvalue weighted by molar-refractivity contribution is 4.72. The lowest BCUT2D eigenvalue weighted by molar-refractivity contribution is 0.172. The third kappa shape index (κ3) is 5.31. The van der Waals surface area contributed by atoms with Crippen LogP contribution in [0.1, 0.15) is 40.0 Å². The summed E-state index contributed by atoms with van der Waals surface area (Å²) in [6.45, 7) is 13.3. The molecule has 0 aromatic rings. The molecule has 16 heavy (non-hydrogen) atoms. The minimum atomic E-state index is 0.798. The van der Waals surface area contributed by atoms with Crippen molar-refractivity contribution in [3.8, 4) is 0 Å². The van der Waals surface area contributed by atoms with Crippen molar-refractivity contribution in [2.75, 3.05) is 39.8 Å². The van der Waals surface area contributed by atoms with Gasteiger partial charge in [-0.3, -0.25) is 0 Å². The summed E-state index contributed by atoms with van der Waals surface area (Å²) in [6, 6.07) is 0. The Morgan fingerprint density at radius 2 is 1.88 bits per heavy atom. The Kier molecular flexibility index (Phi) is 6.37. The molecular formula is C14H30N2. The smallest absolute Gasteiger partial charge is 0.000133 e. The zero-order valence-electron chi connectivity index (χ0n) is 11.7.